The van der Waals surface area contributed by atoms with E-state index in [9.17, 15) is 4.79 Å². The monoisotopic (exact) mass is 167 g/mol. The van der Waals surface area contributed by atoms with Gasteiger partial charge in [0.25, 0.3) is 5.56 Å². The molecule has 0 aliphatic heterocycles. The van der Waals surface area contributed by atoms with E-state index >= 15 is 0 Å². The zero-order valence-electron chi connectivity index (χ0n) is 7.53. The van der Waals surface area contributed by atoms with E-state index in [0.717, 1.165) is 0 Å². The largest absolute Gasteiger partial charge is 0.313 e. The topological polar surface area (TPSA) is 49.0 Å². The van der Waals surface area contributed by atoms with Crippen LogP contribution in [0.4, 0.5) is 0 Å². The standard InChI is InChI=1S/C8H13N3O/c1-6(11(2)3)7-4-9-5-10-8(7)12/h4-6H,1-3H3,(H,9,10,12). The Morgan fingerprint density at radius 2 is 2.25 bits per heavy atom. The van der Waals surface area contributed by atoms with Crippen molar-refractivity contribution in [3.63, 3.8) is 0 Å². The van der Waals surface area contributed by atoms with Crippen LogP contribution in [0.25, 0.3) is 0 Å². The average molecular weight is 167 g/mol. The summed E-state index contributed by atoms with van der Waals surface area (Å²) < 4.78 is 0. The van der Waals surface area contributed by atoms with Crippen molar-refractivity contribution >= 4 is 0 Å². The summed E-state index contributed by atoms with van der Waals surface area (Å²) in [6.45, 7) is 1.96. The summed E-state index contributed by atoms with van der Waals surface area (Å²) in [5.74, 6) is 0. The van der Waals surface area contributed by atoms with Crippen molar-refractivity contribution in [1.82, 2.24) is 14.9 Å². The fraction of sp³-hybridized carbons (Fsp3) is 0.500. The van der Waals surface area contributed by atoms with Gasteiger partial charge in [-0.2, -0.15) is 0 Å². The number of aromatic amines is 1. The van der Waals surface area contributed by atoms with Gasteiger partial charge >= 0.3 is 0 Å². The highest BCUT2D eigenvalue weighted by molar-refractivity contribution is 5.08. The quantitative estimate of drug-likeness (QED) is 0.693. The Morgan fingerprint density at radius 1 is 1.58 bits per heavy atom. The fourth-order valence-corrected chi connectivity index (χ4v) is 0.931. The van der Waals surface area contributed by atoms with Gasteiger partial charge in [-0.3, -0.25) is 4.79 Å². The molecule has 0 bridgehead atoms. The minimum atomic E-state index is -0.0637. The van der Waals surface area contributed by atoms with Crippen LogP contribution >= 0.6 is 0 Å². The highest BCUT2D eigenvalue weighted by Gasteiger charge is 2.10. The number of nitrogens with zero attached hydrogens (tertiary/aromatic N) is 2. The Bertz CT molecular complexity index is 305. The zero-order valence-corrected chi connectivity index (χ0v) is 7.53. The maximum atomic E-state index is 11.2. The highest BCUT2D eigenvalue weighted by atomic mass is 16.1. The Morgan fingerprint density at radius 3 is 2.75 bits per heavy atom. The van der Waals surface area contributed by atoms with Crippen molar-refractivity contribution in [2.75, 3.05) is 14.1 Å². The molecule has 0 fully saturated rings. The van der Waals surface area contributed by atoms with Crippen LogP contribution in [0.1, 0.15) is 18.5 Å². The van der Waals surface area contributed by atoms with Crippen LogP contribution in [-0.4, -0.2) is 29.0 Å². The molecule has 0 saturated heterocycles. The van der Waals surface area contributed by atoms with Crippen molar-refractivity contribution in [2.45, 2.75) is 13.0 Å². The van der Waals surface area contributed by atoms with Crippen LogP contribution in [0.5, 0.6) is 0 Å². The molecule has 1 rings (SSSR count). The van der Waals surface area contributed by atoms with Crippen LogP contribution in [0, 0.1) is 0 Å². The number of nitrogens with one attached hydrogen (secondary N) is 1. The summed E-state index contributed by atoms with van der Waals surface area (Å²) >= 11 is 0. The van der Waals surface area contributed by atoms with Crippen LogP contribution < -0.4 is 5.56 Å². The number of H-pyrrole nitrogens is 1. The summed E-state index contributed by atoms with van der Waals surface area (Å²) in [6, 6.07) is 0.0995. The molecule has 4 nitrogen and oxygen atoms in total. The van der Waals surface area contributed by atoms with Gasteiger partial charge in [-0.25, -0.2) is 4.98 Å². The average Bonchev–Trinajstić information content (AvgIpc) is 2.04. The first-order valence-corrected chi connectivity index (χ1v) is 3.82. The summed E-state index contributed by atoms with van der Waals surface area (Å²) in [5.41, 5.74) is 0.633. The van der Waals surface area contributed by atoms with Gasteiger partial charge in [-0.05, 0) is 21.0 Å². The summed E-state index contributed by atoms with van der Waals surface area (Å²) in [7, 11) is 3.86. The molecule has 0 saturated carbocycles. The molecule has 1 heterocycles. The Hall–Kier alpha value is -1.16. The van der Waals surface area contributed by atoms with Crippen molar-refractivity contribution in [3.8, 4) is 0 Å². The van der Waals surface area contributed by atoms with Crippen LogP contribution in [0.3, 0.4) is 0 Å². The van der Waals surface area contributed by atoms with Gasteiger partial charge in [-0.1, -0.05) is 0 Å². The molecule has 1 unspecified atom stereocenters. The van der Waals surface area contributed by atoms with E-state index in [4.69, 9.17) is 0 Å². The molecule has 12 heavy (non-hydrogen) atoms. The first-order chi connectivity index (χ1) is 5.63. The van der Waals surface area contributed by atoms with E-state index in [-0.39, 0.29) is 11.6 Å². The van der Waals surface area contributed by atoms with Gasteiger partial charge < -0.3 is 9.88 Å². The lowest BCUT2D eigenvalue weighted by Gasteiger charge is -2.18. The maximum absolute atomic E-state index is 11.2. The van der Waals surface area contributed by atoms with E-state index in [1.807, 2.05) is 25.9 Å². The lowest BCUT2D eigenvalue weighted by atomic mass is 10.1. The minimum absolute atomic E-state index is 0.0637. The molecule has 1 aromatic heterocycles. The third kappa shape index (κ3) is 1.71. The molecule has 4 heteroatoms. The molecular formula is C8H13N3O. The van der Waals surface area contributed by atoms with Crippen LogP contribution in [-0.2, 0) is 0 Å². The second-order valence-corrected chi connectivity index (χ2v) is 2.98. The van der Waals surface area contributed by atoms with Gasteiger partial charge in [0.2, 0.25) is 0 Å². The molecule has 1 aromatic rings. The van der Waals surface area contributed by atoms with Gasteiger partial charge in [0.15, 0.2) is 0 Å². The Kier molecular flexibility index (Phi) is 2.60. The second kappa shape index (κ2) is 3.49. The second-order valence-electron chi connectivity index (χ2n) is 2.98. The third-order valence-electron chi connectivity index (χ3n) is 1.97. The third-order valence-corrected chi connectivity index (χ3v) is 1.97. The van der Waals surface area contributed by atoms with E-state index < -0.39 is 0 Å². The molecule has 0 amide bonds. The first-order valence-electron chi connectivity index (χ1n) is 3.82. The lowest BCUT2D eigenvalue weighted by Crippen LogP contribution is -2.24. The predicted octanol–water partition coefficient (Wildman–Crippen LogP) is 0.392. The summed E-state index contributed by atoms with van der Waals surface area (Å²) in [5, 5.41) is 0. The van der Waals surface area contributed by atoms with Crippen LogP contribution in [0.2, 0.25) is 0 Å². The SMILES string of the molecule is CC(c1cnc[nH]c1=O)N(C)C. The van der Waals surface area contributed by atoms with Crippen LogP contribution in [0.15, 0.2) is 17.3 Å². The highest BCUT2D eigenvalue weighted by Crippen LogP contribution is 2.10. The molecule has 0 aliphatic carbocycles. The molecule has 0 aromatic carbocycles. The van der Waals surface area contributed by atoms with Gasteiger partial charge in [0.1, 0.15) is 0 Å². The van der Waals surface area contributed by atoms with Gasteiger partial charge in [-0.15, -0.1) is 0 Å². The van der Waals surface area contributed by atoms with Crippen molar-refractivity contribution in [2.24, 2.45) is 0 Å². The smallest absolute Gasteiger partial charge is 0.255 e. The number of aromatic nitrogens is 2. The van der Waals surface area contributed by atoms with E-state index in [0.29, 0.717) is 5.56 Å². The molecule has 66 valence electrons. The molecule has 0 aliphatic rings. The van der Waals surface area contributed by atoms with Gasteiger partial charge in [0.05, 0.1) is 11.9 Å². The first kappa shape index (κ1) is 8.93. The zero-order chi connectivity index (χ0) is 9.14. The van der Waals surface area contributed by atoms with Crippen molar-refractivity contribution in [3.05, 3.63) is 28.4 Å². The number of rotatable bonds is 2. The summed E-state index contributed by atoms with van der Waals surface area (Å²) in [6.07, 6.45) is 3.00. The van der Waals surface area contributed by atoms with Gasteiger partial charge in [0, 0.05) is 12.2 Å². The molecule has 1 N–H and O–H groups in total. The van der Waals surface area contributed by atoms with E-state index in [2.05, 4.69) is 9.97 Å². The summed E-state index contributed by atoms with van der Waals surface area (Å²) in [4.78, 5) is 19.6. The number of hydrogen-bond acceptors (Lipinski definition) is 3. The predicted molar refractivity (Wildman–Crippen MR) is 47.0 cm³/mol. The Balaban J connectivity index is 3.03. The van der Waals surface area contributed by atoms with Crippen molar-refractivity contribution < 1.29 is 0 Å². The minimum Gasteiger partial charge on any atom is -0.313 e. The molecule has 0 spiro atoms. The van der Waals surface area contributed by atoms with Crippen molar-refractivity contribution in [1.29, 1.82) is 0 Å². The van der Waals surface area contributed by atoms with E-state index in [1.165, 1.54) is 6.33 Å². The lowest BCUT2D eigenvalue weighted by molar-refractivity contribution is 0.318. The number of hydrogen-bond donors (Lipinski definition) is 1. The normalized spacial score (nSPS) is 13.3. The Labute approximate surface area is 71.3 Å². The fourth-order valence-electron chi connectivity index (χ4n) is 0.931. The molecule has 0 radical (unpaired) electrons. The molecular weight excluding hydrogens is 154 g/mol. The van der Waals surface area contributed by atoms with E-state index in [1.54, 1.807) is 6.20 Å². The molecule has 1 atom stereocenters. The maximum Gasteiger partial charge on any atom is 0.255 e.